The molecular formula is C19H14BrN3O3S. The third-order valence-electron chi connectivity index (χ3n) is 3.55. The predicted octanol–water partition coefficient (Wildman–Crippen LogP) is 4.47. The van der Waals surface area contributed by atoms with E-state index < -0.39 is 0 Å². The second kappa shape index (κ2) is 8.66. The van der Waals surface area contributed by atoms with Gasteiger partial charge in [0.1, 0.15) is 11.5 Å². The van der Waals surface area contributed by atoms with E-state index in [1.165, 1.54) is 11.3 Å². The van der Waals surface area contributed by atoms with Gasteiger partial charge in [-0.25, -0.2) is 4.98 Å². The van der Waals surface area contributed by atoms with E-state index >= 15 is 0 Å². The van der Waals surface area contributed by atoms with E-state index in [9.17, 15) is 4.79 Å². The number of thiazole rings is 1. The zero-order valence-corrected chi connectivity index (χ0v) is 16.6. The van der Waals surface area contributed by atoms with Crippen LogP contribution >= 0.6 is 27.3 Å². The van der Waals surface area contributed by atoms with Crippen molar-refractivity contribution in [2.24, 2.45) is 0 Å². The van der Waals surface area contributed by atoms with Crippen molar-refractivity contribution in [2.45, 2.75) is 0 Å². The van der Waals surface area contributed by atoms with E-state index in [0.29, 0.717) is 16.4 Å². The minimum Gasteiger partial charge on any atom is -0.496 e. The van der Waals surface area contributed by atoms with Crippen LogP contribution in [0.5, 0.6) is 11.5 Å². The molecule has 0 atom stereocenters. The number of nitriles is 1. The first kappa shape index (κ1) is 18.9. The number of carbonyl (C=O) groups excluding carboxylic acids is 1. The van der Waals surface area contributed by atoms with E-state index in [4.69, 9.17) is 14.7 Å². The minimum absolute atomic E-state index is 0.144. The first-order chi connectivity index (χ1) is 13.1. The smallest absolute Gasteiger partial charge is 0.264 e. The van der Waals surface area contributed by atoms with Gasteiger partial charge in [0.15, 0.2) is 11.7 Å². The number of hydrogen-bond acceptors (Lipinski definition) is 6. The van der Waals surface area contributed by atoms with Crippen molar-refractivity contribution in [2.75, 3.05) is 19.0 Å². The number of nitrogens with one attached hydrogen (secondary N) is 1. The van der Waals surface area contributed by atoms with Gasteiger partial charge in [-0.3, -0.25) is 10.1 Å². The Bertz CT molecular complexity index is 996. The fourth-order valence-corrected chi connectivity index (χ4v) is 3.50. The molecule has 0 aliphatic rings. The average molecular weight is 444 g/mol. The SMILES string of the molecule is COc1ccc(-c2csc(NC(=O)COc3ccc(C#N)cc3)n2)cc1Br. The highest BCUT2D eigenvalue weighted by atomic mass is 79.9. The molecule has 0 saturated heterocycles. The Kier molecular flexibility index (Phi) is 6.06. The summed E-state index contributed by atoms with van der Waals surface area (Å²) in [5, 5.41) is 13.8. The Morgan fingerprint density at radius 2 is 2.07 bits per heavy atom. The van der Waals surface area contributed by atoms with Crippen molar-refractivity contribution in [3.8, 4) is 28.8 Å². The first-order valence-corrected chi connectivity index (χ1v) is 9.48. The summed E-state index contributed by atoms with van der Waals surface area (Å²) in [6.45, 7) is -0.144. The molecule has 3 rings (SSSR count). The van der Waals surface area contributed by atoms with Crippen LogP contribution in [-0.2, 0) is 4.79 Å². The molecule has 27 heavy (non-hydrogen) atoms. The maximum atomic E-state index is 12.0. The number of aromatic nitrogens is 1. The molecule has 1 N–H and O–H groups in total. The molecule has 0 radical (unpaired) electrons. The molecule has 0 bridgehead atoms. The Balaban J connectivity index is 1.59. The zero-order chi connectivity index (χ0) is 19.2. The van der Waals surface area contributed by atoms with Crippen molar-refractivity contribution in [3.05, 3.63) is 57.9 Å². The highest BCUT2D eigenvalue weighted by Crippen LogP contribution is 2.32. The number of nitrogens with zero attached hydrogens (tertiary/aromatic N) is 2. The molecule has 8 heteroatoms. The van der Waals surface area contributed by atoms with Crippen molar-refractivity contribution in [1.29, 1.82) is 5.26 Å². The Hall–Kier alpha value is -2.89. The molecular weight excluding hydrogens is 430 g/mol. The van der Waals surface area contributed by atoms with Crippen LogP contribution in [0, 0.1) is 11.3 Å². The molecule has 0 unspecified atom stereocenters. The van der Waals surface area contributed by atoms with E-state index in [2.05, 4.69) is 26.2 Å². The van der Waals surface area contributed by atoms with Gasteiger partial charge in [-0.05, 0) is 58.4 Å². The second-order valence-electron chi connectivity index (χ2n) is 5.36. The number of halogens is 1. The number of anilines is 1. The molecule has 0 aliphatic heterocycles. The number of amides is 1. The monoisotopic (exact) mass is 443 g/mol. The third-order valence-corrected chi connectivity index (χ3v) is 4.93. The maximum absolute atomic E-state index is 12.0. The summed E-state index contributed by atoms with van der Waals surface area (Å²) < 4.78 is 11.5. The van der Waals surface area contributed by atoms with Crippen LogP contribution in [0.2, 0.25) is 0 Å². The maximum Gasteiger partial charge on any atom is 0.264 e. The van der Waals surface area contributed by atoms with Crippen LogP contribution < -0.4 is 14.8 Å². The Morgan fingerprint density at radius 3 is 2.74 bits per heavy atom. The van der Waals surface area contributed by atoms with Gasteiger partial charge in [0.05, 0.1) is 28.9 Å². The van der Waals surface area contributed by atoms with Crippen LogP contribution in [0.25, 0.3) is 11.3 Å². The first-order valence-electron chi connectivity index (χ1n) is 7.81. The molecule has 6 nitrogen and oxygen atoms in total. The number of ether oxygens (including phenoxy) is 2. The van der Waals surface area contributed by atoms with E-state index in [0.717, 1.165) is 21.5 Å². The lowest BCUT2D eigenvalue weighted by atomic mass is 10.2. The lowest BCUT2D eigenvalue weighted by molar-refractivity contribution is -0.118. The number of carbonyl (C=O) groups is 1. The van der Waals surface area contributed by atoms with Crippen LogP contribution in [0.15, 0.2) is 52.3 Å². The summed E-state index contributed by atoms with van der Waals surface area (Å²) in [5.41, 5.74) is 2.20. The quantitative estimate of drug-likeness (QED) is 0.607. The molecule has 0 saturated carbocycles. The third kappa shape index (κ3) is 4.84. The second-order valence-corrected chi connectivity index (χ2v) is 7.07. The summed E-state index contributed by atoms with van der Waals surface area (Å²) >= 11 is 4.78. The molecule has 0 aliphatic carbocycles. The summed E-state index contributed by atoms with van der Waals surface area (Å²) in [4.78, 5) is 16.5. The summed E-state index contributed by atoms with van der Waals surface area (Å²) in [6.07, 6.45) is 0. The molecule has 1 heterocycles. The number of benzene rings is 2. The van der Waals surface area contributed by atoms with Gasteiger partial charge in [-0.1, -0.05) is 0 Å². The van der Waals surface area contributed by atoms with Crippen LogP contribution in [-0.4, -0.2) is 24.6 Å². The standard InChI is InChI=1S/C19H14BrN3O3S/c1-25-17-7-4-13(8-15(17)20)16-11-27-19(22-16)23-18(24)10-26-14-5-2-12(9-21)3-6-14/h2-8,11H,10H2,1H3,(H,22,23,24). The Morgan fingerprint density at radius 1 is 1.30 bits per heavy atom. The summed E-state index contributed by atoms with van der Waals surface area (Å²) in [6, 6.07) is 14.2. The number of rotatable bonds is 6. The molecule has 0 fully saturated rings. The average Bonchev–Trinajstić information content (AvgIpc) is 3.15. The highest BCUT2D eigenvalue weighted by molar-refractivity contribution is 9.10. The van der Waals surface area contributed by atoms with Gasteiger partial charge < -0.3 is 9.47 Å². The van der Waals surface area contributed by atoms with Gasteiger partial charge in [0.2, 0.25) is 0 Å². The molecule has 136 valence electrons. The number of hydrogen-bond donors (Lipinski definition) is 1. The summed E-state index contributed by atoms with van der Waals surface area (Å²) in [7, 11) is 1.61. The van der Waals surface area contributed by atoms with Crippen LogP contribution in [0.1, 0.15) is 5.56 Å². The fraction of sp³-hybridized carbons (Fsp3) is 0.105. The van der Waals surface area contributed by atoms with E-state index in [-0.39, 0.29) is 12.5 Å². The van der Waals surface area contributed by atoms with Gasteiger partial charge in [0.25, 0.3) is 5.91 Å². The fourth-order valence-electron chi connectivity index (χ4n) is 2.22. The molecule has 1 aromatic heterocycles. The van der Waals surface area contributed by atoms with Crippen molar-refractivity contribution >= 4 is 38.3 Å². The number of methoxy groups -OCH3 is 1. The molecule has 1 amide bonds. The van der Waals surface area contributed by atoms with Crippen molar-refractivity contribution < 1.29 is 14.3 Å². The van der Waals surface area contributed by atoms with Crippen molar-refractivity contribution in [3.63, 3.8) is 0 Å². The van der Waals surface area contributed by atoms with E-state index in [1.807, 2.05) is 29.6 Å². The largest absolute Gasteiger partial charge is 0.496 e. The lowest BCUT2D eigenvalue weighted by Gasteiger charge is -2.06. The predicted molar refractivity (Wildman–Crippen MR) is 107 cm³/mol. The normalized spacial score (nSPS) is 10.1. The highest BCUT2D eigenvalue weighted by Gasteiger charge is 2.10. The van der Waals surface area contributed by atoms with Gasteiger partial charge in [-0.15, -0.1) is 11.3 Å². The molecule has 2 aromatic carbocycles. The Labute approximate surface area is 168 Å². The zero-order valence-electron chi connectivity index (χ0n) is 14.2. The van der Waals surface area contributed by atoms with Gasteiger partial charge >= 0.3 is 0 Å². The van der Waals surface area contributed by atoms with E-state index in [1.54, 1.807) is 31.4 Å². The van der Waals surface area contributed by atoms with Crippen LogP contribution in [0.4, 0.5) is 5.13 Å². The van der Waals surface area contributed by atoms with Crippen molar-refractivity contribution in [1.82, 2.24) is 4.98 Å². The lowest BCUT2D eigenvalue weighted by Crippen LogP contribution is -2.20. The summed E-state index contributed by atoms with van der Waals surface area (Å²) in [5.74, 6) is 0.950. The molecule has 0 spiro atoms. The molecule has 3 aromatic rings. The topological polar surface area (TPSA) is 84.2 Å². The van der Waals surface area contributed by atoms with Gasteiger partial charge in [-0.2, -0.15) is 5.26 Å². The van der Waals surface area contributed by atoms with Crippen LogP contribution in [0.3, 0.4) is 0 Å². The minimum atomic E-state index is -0.309. The van der Waals surface area contributed by atoms with Gasteiger partial charge in [0, 0.05) is 10.9 Å².